The molecule has 0 aliphatic rings. The van der Waals surface area contributed by atoms with Crippen molar-refractivity contribution in [1.82, 2.24) is 9.55 Å². The maximum atomic E-state index is 11.7. The van der Waals surface area contributed by atoms with Gasteiger partial charge in [-0.25, -0.2) is 4.79 Å². The van der Waals surface area contributed by atoms with Crippen molar-refractivity contribution in [2.75, 3.05) is 19.0 Å². The number of aromatic nitrogens is 2. The maximum absolute atomic E-state index is 11.7. The van der Waals surface area contributed by atoms with E-state index < -0.39 is 24.5 Å². The van der Waals surface area contributed by atoms with E-state index in [9.17, 15) is 15.0 Å². The Morgan fingerprint density at radius 3 is 2.53 bits per heavy atom. The molecule has 4 N–H and O–H groups in total. The van der Waals surface area contributed by atoms with E-state index in [0.717, 1.165) is 5.56 Å². The van der Waals surface area contributed by atoms with Crippen LogP contribution in [0.1, 0.15) is 5.56 Å². The van der Waals surface area contributed by atoms with E-state index in [1.54, 1.807) is 13.1 Å². The van der Waals surface area contributed by atoms with Crippen LogP contribution < -0.4 is 5.69 Å². The third-order valence-corrected chi connectivity index (χ3v) is 3.61. The van der Waals surface area contributed by atoms with Gasteiger partial charge in [-0.3, -0.25) is 4.57 Å². The van der Waals surface area contributed by atoms with Crippen LogP contribution in [0.15, 0.2) is 16.0 Å². The van der Waals surface area contributed by atoms with E-state index in [4.69, 9.17) is 10.2 Å². The fraction of sp³-hybridized carbons (Fsp3) is 0.636. The Balaban J connectivity index is 2.82. The zero-order valence-electron chi connectivity index (χ0n) is 10.6. The molecule has 0 saturated heterocycles. The molecule has 2 unspecified atom stereocenters. The van der Waals surface area contributed by atoms with Gasteiger partial charge in [0.1, 0.15) is 5.03 Å². The Labute approximate surface area is 114 Å². The van der Waals surface area contributed by atoms with Gasteiger partial charge in [-0.05, 0) is 12.5 Å². The highest BCUT2D eigenvalue weighted by Crippen LogP contribution is 2.18. The number of nitrogens with zero attached hydrogens (tertiary/aromatic N) is 2. The van der Waals surface area contributed by atoms with Crippen molar-refractivity contribution in [1.29, 1.82) is 0 Å². The second kappa shape index (κ2) is 7.61. The van der Waals surface area contributed by atoms with Crippen molar-refractivity contribution >= 4 is 11.8 Å². The summed E-state index contributed by atoms with van der Waals surface area (Å²) in [6.45, 7) is 0.964. The van der Waals surface area contributed by atoms with Gasteiger partial charge in [-0.15, -0.1) is 11.8 Å². The van der Waals surface area contributed by atoms with Gasteiger partial charge in [0.15, 0.2) is 0 Å². The summed E-state index contributed by atoms with van der Waals surface area (Å²) in [5.74, 6) is 0.243. The smallest absolute Gasteiger partial charge is 0.348 e. The topological polar surface area (TPSA) is 116 Å². The Bertz CT molecular complexity index is 465. The monoisotopic (exact) mass is 290 g/mol. The molecule has 0 amide bonds. The van der Waals surface area contributed by atoms with Gasteiger partial charge in [0.25, 0.3) is 0 Å². The van der Waals surface area contributed by atoms with E-state index in [1.807, 2.05) is 0 Å². The van der Waals surface area contributed by atoms with Crippen LogP contribution in [0.25, 0.3) is 0 Å². The molecule has 1 rings (SSSR count). The highest BCUT2D eigenvalue weighted by atomic mass is 32.2. The molecule has 8 heteroatoms. The molecular weight excluding hydrogens is 272 g/mol. The second-order valence-corrected chi connectivity index (χ2v) is 5.16. The second-order valence-electron chi connectivity index (χ2n) is 4.15. The van der Waals surface area contributed by atoms with Crippen LogP contribution in [0.2, 0.25) is 0 Å². The lowest BCUT2D eigenvalue weighted by Crippen LogP contribution is -2.30. The van der Waals surface area contributed by atoms with Gasteiger partial charge in [0.05, 0.1) is 32.0 Å². The summed E-state index contributed by atoms with van der Waals surface area (Å²) in [6, 6.07) is 0. The lowest BCUT2D eigenvalue weighted by atomic mass is 10.3. The number of hydrogen-bond donors (Lipinski definition) is 4. The van der Waals surface area contributed by atoms with Crippen molar-refractivity contribution in [3.05, 3.63) is 22.2 Å². The van der Waals surface area contributed by atoms with Crippen molar-refractivity contribution in [2.24, 2.45) is 0 Å². The summed E-state index contributed by atoms with van der Waals surface area (Å²) in [6.07, 6.45) is -0.319. The third-order valence-electron chi connectivity index (χ3n) is 2.37. The molecule has 0 spiro atoms. The maximum Gasteiger partial charge on any atom is 0.348 e. The van der Waals surface area contributed by atoms with E-state index in [0.29, 0.717) is 5.03 Å². The molecule has 0 radical (unpaired) electrons. The zero-order valence-corrected chi connectivity index (χ0v) is 11.4. The third kappa shape index (κ3) is 4.92. The van der Waals surface area contributed by atoms with Crippen LogP contribution in [0.5, 0.6) is 0 Å². The van der Waals surface area contributed by atoms with E-state index in [2.05, 4.69) is 4.98 Å². The SMILES string of the molecule is Cc1cn(CC(O)CO)c(=O)nc1SCC(O)CO. The molecule has 0 aliphatic heterocycles. The average Bonchev–Trinajstić information content (AvgIpc) is 2.40. The van der Waals surface area contributed by atoms with Crippen molar-refractivity contribution in [3.8, 4) is 0 Å². The van der Waals surface area contributed by atoms with Crippen LogP contribution in [-0.4, -0.2) is 61.2 Å². The summed E-state index contributed by atoms with van der Waals surface area (Å²) in [5.41, 5.74) is 0.193. The molecule has 1 aromatic heterocycles. The average molecular weight is 290 g/mol. The number of hydrogen-bond acceptors (Lipinski definition) is 7. The zero-order chi connectivity index (χ0) is 14.4. The first-order valence-electron chi connectivity index (χ1n) is 5.76. The van der Waals surface area contributed by atoms with Crippen molar-refractivity contribution < 1.29 is 20.4 Å². The molecule has 0 saturated carbocycles. The van der Waals surface area contributed by atoms with Gasteiger partial charge in [0, 0.05) is 11.9 Å². The first-order chi connectivity index (χ1) is 8.97. The fourth-order valence-electron chi connectivity index (χ4n) is 1.37. The van der Waals surface area contributed by atoms with E-state index in [1.165, 1.54) is 16.3 Å². The van der Waals surface area contributed by atoms with Gasteiger partial charge in [-0.2, -0.15) is 4.98 Å². The minimum atomic E-state index is -1.01. The van der Waals surface area contributed by atoms with Crippen LogP contribution in [0.3, 0.4) is 0 Å². The molecule has 7 nitrogen and oxygen atoms in total. The fourth-order valence-corrected chi connectivity index (χ4v) is 2.25. The molecule has 1 aromatic rings. The molecule has 0 bridgehead atoms. The first kappa shape index (κ1) is 16.1. The predicted molar refractivity (Wildman–Crippen MR) is 70.1 cm³/mol. The lowest BCUT2D eigenvalue weighted by Gasteiger charge is -2.12. The minimum absolute atomic E-state index is 0.0205. The standard InChI is InChI=1S/C11H18N2O5S/c1-7-2-13(3-8(16)4-14)11(18)12-10(7)19-6-9(17)5-15/h2,8-9,14-17H,3-6H2,1H3. The normalized spacial score (nSPS) is 14.4. The lowest BCUT2D eigenvalue weighted by molar-refractivity contribution is 0.0799. The van der Waals surface area contributed by atoms with Crippen LogP contribution >= 0.6 is 11.8 Å². The Morgan fingerprint density at radius 2 is 1.95 bits per heavy atom. The molecule has 19 heavy (non-hydrogen) atoms. The molecule has 1 heterocycles. The van der Waals surface area contributed by atoms with E-state index >= 15 is 0 Å². The Hall–Kier alpha value is -0.930. The summed E-state index contributed by atoms with van der Waals surface area (Å²) in [5, 5.41) is 36.5. The van der Waals surface area contributed by atoms with Gasteiger partial charge < -0.3 is 20.4 Å². The Kier molecular flexibility index (Phi) is 6.46. The summed E-state index contributed by atoms with van der Waals surface area (Å²) in [7, 11) is 0. The highest BCUT2D eigenvalue weighted by Gasteiger charge is 2.11. The molecule has 108 valence electrons. The molecule has 0 aliphatic carbocycles. The summed E-state index contributed by atoms with van der Waals surface area (Å²) < 4.78 is 1.22. The summed E-state index contributed by atoms with van der Waals surface area (Å²) in [4.78, 5) is 15.5. The first-order valence-corrected chi connectivity index (χ1v) is 6.75. The quantitative estimate of drug-likeness (QED) is 0.351. The van der Waals surface area contributed by atoms with Crippen LogP contribution in [-0.2, 0) is 6.54 Å². The number of thioether (sulfide) groups is 1. The highest BCUT2D eigenvalue weighted by molar-refractivity contribution is 7.99. The van der Waals surface area contributed by atoms with Crippen LogP contribution in [0, 0.1) is 6.92 Å². The van der Waals surface area contributed by atoms with Gasteiger partial charge in [0.2, 0.25) is 0 Å². The van der Waals surface area contributed by atoms with E-state index in [-0.39, 0.29) is 18.9 Å². The summed E-state index contributed by atoms with van der Waals surface area (Å²) >= 11 is 1.18. The molecular formula is C11H18N2O5S. The number of aryl methyl sites for hydroxylation is 1. The molecule has 0 fully saturated rings. The van der Waals surface area contributed by atoms with Gasteiger partial charge >= 0.3 is 5.69 Å². The molecule has 2 atom stereocenters. The number of aliphatic hydroxyl groups excluding tert-OH is 4. The van der Waals surface area contributed by atoms with Gasteiger partial charge in [-0.1, -0.05) is 0 Å². The van der Waals surface area contributed by atoms with Crippen molar-refractivity contribution in [3.63, 3.8) is 0 Å². The largest absolute Gasteiger partial charge is 0.394 e. The molecule has 0 aromatic carbocycles. The van der Waals surface area contributed by atoms with Crippen LogP contribution in [0.4, 0.5) is 0 Å². The number of rotatable bonds is 7. The minimum Gasteiger partial charge on any atom is -0.394 e. The number of aliphatic hydroxyl groups is 4. The Morgan fingerprint density at radius 1 is 1.32 bits per heavy atom. The van der Waals surface area contributed by atoms with Crippen molar-refractivity contribution in [2.45, 2.75) is 30.7 Å². The predicted octanol–water partition coefficient (Wildman–Crippen LogP) is -1.65.